The van der Waals surface area contributed by atoms with Crippen LogP contribution in [-0.2, 0) is 9.53 Å². The summed E-state index contributed by atoms with van der Waals surface area (Å²) in [5.41, 5.74) is 2.30. The molecule has 0 radical (unpaired) electrons. The predicted octanol–water partition coefficient (Wildman–Crippen LogP) is 4.23. The minimum atomic E-state index is -0.589. The molecule has 0 spiro atoms. The highest BCUT2D eigenvalue weighted by molar-refractivity contribution is 5.99. The normalized spacial score (nSPS) is 10.0. The summed E-state index contributed by atoms with van der Waals surface area (Å²) in [5.74, 6) is -0.514. The van der Waals surface area contributed by atoms with Crippen LogP contribution < -0.4 is 15.4 Å². The predicted molar refractivity (Wildman–Crippen MR) is 108 cm³/mol. The molecule has 3 aromatic rings. The van der Waals surface area contributed by atoms with E-state index in [2.05, 4.69) is 10.6 Å². The molecule has 3 aromatic carbocycles. The van der Waals surface area contributed by atoms with Crippen molar-refractivity contribution >= 4 is 28.9 Å². The van der Waals surface area contributed by atoms with E-state index in [4.69, 9.17) is 9.47 Å². The van der Waals surface area contributed by atoms with Gasteiger partial charge in [-0.1, -0.05) is 42.5 Å². The Bertz CT molecular complexity index is 958. The minimum absolute atomic E-state index is 0.344. The topological polar surface area (TPSA) is 76.7 Å². The Labute approximate surface area is 163 Å². The highest BCUT2D eigenvalue weighted by Gasteiger charge is 2.15. The van der Waals surface area contributed by atoms with Gasteiger partial charge in [0.2, 0.25) is 0 Å². The molecule has 6 nitrogen and oxygen atoms in total. The van der Waals surface area contributed by atoms with Gasteiger partial charge in [0.05, 0.1) is 24.0 Å². The number of nitrogens with one attached hydrogen (secondary N) is 2. The summed E-state index contributed by atoms with van der Waals surface area (Å²) in [7, 11) is 1.52. The van der Waals surface area contributed by atoms with Crippen LogP contribution in [0.2, 0.25) is 0 Å². The monoisotopic (exact) mass is 376 g/mol. The molecule has 0 unspecified atom stereocenters. The molecule has 0 aliphatic rings. The van der Waals surface area contributed by atoms with Gasteiger partial charge in [0, 0.05) is 5.69 Å². The molecule has 0 fully saturated rings. The van der Waals surface area contributed by atoms with E-state index in [-0.39, 0.29) is 0 Å². The Morgan fingerprint density at radius 3 is 2.21 bits per heavy atom. The average molecular weight is 376 g/mol. The van der Waals surface area contributed by atoms with Gasteiger partial charge in [-0.2, -0.15) is 0 Å². The number of amides is 1. The van der Waals surface area contributed by atoms with Crippen LogP contribution in [0.25, 0.3) is 0 Å². The van der Waals surface area contributed by atoms with E-state index >= 15 is 0 Å². The number of hydrogen-bond donors (Lipinski definition) is 2. The molecule has 0 aromatic heterocycles. The van der Waals surface area contributed by atoms with Crippen LogP contribution in [0.5, 0.6) is 5.75 Å². The van der Waals surface area contributed by atoms with Gasteiger partial charge in [-0.15, -0.1) is 0 Å². The standard InChI is InChI=1S/C22H20N2O4/c1-27-20-14-8-7-13-19(20)24-21(25)15-28-22(26)17-11-5-6-12-18(17)23-16-9-3-2-4-10-16/h2-14,23H,15H2,1H3,(H,24,25). The zero-order chi connectivity index (χ0) is 19.8. The van der Waals surface area contributed by atoms with Crippen LogP contribution in [0.1, 0.15) is 10.4 Å². The second-order valence-corrected chi connectivity index (χ2v) is 5.86. The third-order valence-electron chi connectivity index (χ3n) is 3.92. The van der Waals surface area contributed by atoms with Crippen molar-refractivity contribution in [3.63, 3.8) is 0 Å². The molecular formula is C22H20N2O4. The van der Waals surface area contributed by atoms with Gasteiger partial charge < -0.3 is 20.1 Å². The van der Waals surface area contributed by atoms with Gasteiger partial charge in [-0.05, 0) is 36.4 Å². The van der Waals surface area contributed by atoms with Crippen molar-refractivity contribution in [3.8, 4) is 5.75 Å². The van der Waals surface area contributed by atoms with E-state index in [1.807, 2.05) is 36.4 Å². The first kappa shape index (κ1) is 19.0. The van der Waals surface area contributed by atoms with Gasteiger partial charge in [0.15, 0.2) is 6.61 Å². The first-order valence-corrected chi connectivity index (χ1v) is 8.68. The number of esters is 1. The number of carbonyl (C=O) groups is 2. The lowest BCUT2D eigenvalue weighted by molar-refractivity contribution is -0.119. The maximum atomic E-state index is 12.5. The molecule has 0 saturated carbocycles. The lowest BCUT2D eigenvalue weighted by Crippen LogP contribution is -2.21. The first-order valence-electron chi connectivity index (χ1n) is 8.68. The molecule has 0 saturated heterocycles. The first-order chi connectivity index (χ1) is 13.7. The van der Waals surface area contributed by atoms with Crippen LogP contribution in [0, 0.1) is 0 Å². The van der Waals surface area contributed by atoms with Crippen molar-refractivity contribution < 1.29 is 19.1 Å². The minimum Gasteiger partial charge on any atom is -0.495 e. The lowest BCUT2D eigenvalue weighted by Gasteiger charge is -2.12. The van der Waals surface area contributed by atoms with Crippen molar-refractivity contribution in [1.29, 1.82) is 0 Å². The number of para-hydroxylation sites is 4. The molecule has 6 heteroatoms. The molecule has 0 bridgehead atoms. The van der Waals surface area contributed by atoms with Gasteiger partial charge in [0.1, 0.15) is 5.75 Å². The summed E-state index contributed by atoms with van der Waals surface area (Å²) in [4.78, 5) is 24.6. The van der Waals surface area contributed by atoms with Crippen molar-refractivity contribution in [2.75, 3.05) is 24.4 Å². The van der Waals surface area contributed by atoms with Gasteiger partial charge in [-0.25, -0.2) is 4.79 Å². The van der Waals surface area contributed by atoms with Crippen LogP contribution in [0.3, 0.4) is 0 Å². The van der Waals surface area contributed by atoms with Gasteiger partial charge in [0.25, 0.3) is 5.91 Å². The highest BCUT2D eigenvalue weighted by atomic mass is 16.5. The van der Waals surface area contributed by atoms with Crippen molar-refractivity contribution in [3.05, 3.63) is 84.4 Å². The Morgan fingerprint density at radius 1 is 0.821 bits per heavy atom. The van der Waals surface area contributed by atoms with E-state index in [1.165, 1.54) is 7.11 Å². The van der Waals surface area contributed by atoms with Gasteiger partial charge in [-0.3, -0.25) is 4.79 Å². The molecule has 2 N–H and O–H groups in total. The fourth-order valence-electron chi connectivity index (χ4n) is 2.59. The largest absolute Gasteiger partial charge is 0.495 e. The van der Waals surface area contributed by atoms with E-state index in [0.717, 1.165) is 5.69 Å². The van der Waals surface area contributed by atoms with Crippen LogP contribution >= 0.6 is 0 Å². The number of anilines is 3. The Balaban J connectivity index is 1.63. The van der Waals surface area contributed by atoms with E-state index < -0.39 is 18.5 Å². The number of hydrogen-bond acceptors (Lipinski definition) is 5. The van der Waals surface area contributed by atoms with E-state index in [0.29, 0.717) is 22.7 Å². The highest BCUT2D eigenvalue weighted by Crippen LogP contribution is 2.23. The summed E-state index contributed by atoms with van der Waals surface area (Å²) in [6, 6.07) is 23.5. The number of carbonyl (C=O) groups excluding carboxylic acids is 2. The SMILES string of the molecule is COc1ccccc1NC(=O)COC(=O)c1ccccc1Nc1ccccc1. The van der Waals surface area contributed by atoms with E-state index in [1.54, 1.807) is 42.5 Å². The Morgan fingerprint density at radius 2 is 1.46 bits per heavy atom. The van der Waals surface area contributed by atoms with Crippen molar-refractivity contribution in [1.82, 2.24) is 0 Å². The lowest BCUT2D eigenvalue weighted by atomic mass is 10.1. The van der Waals surface area contributed by atoms with Crippen molar-refractivity contribution in [2.45, 2.75) is 0 Å². The number of benzene rings is 3. The molecule has 28 heavy (non-hydrogen) atoms. The molecule has 0 heterocycles. The second kappa shape index (κ2) is 9.23. The number of rotatable bonds is 7. The average Bonchev–Trinajstić information content (AvgIpc) is 2.73. The quantitative estimate of drug-likeness (QED) is 0.604. The summed E-state index contributed by atoms with van der Waals surface area (Å²) in [6.07, 6.45) is 0. The fourth-order valence-corrected chi connectivity index (χ4v) is 2.59. The maximum Gasteiger partial charge on any atom is 0.340 e. The molecule has 1 amide bonds. The molecule has 0 aliphatic heterocycles. The fraction of sp³-hybridized carbons (Fsp3) is 0.0909. The molecular weight excluding hydrogens is 356 g/mol. The summed E-state index contributed by atoms with van der Waals surface area (Å²) in [5, 5.41) is 5.84. The van der Waals surface area contributed by atoms with Gasteiger partial charge >= 0.3 is 5.97 Å². The molecule has 3 rings (SSSR count). The molecule has 142 valence electrons. The Kier molecular flexibility index (Phi) is 6.25. The number of ether oxygens (including phenoxy) is 2. The second-order valence-electron chi connectivity index (χ2n) is 5.86. The maximum absolute atomic E-state index is 12.5. The van der Waals surface area contributed by atoms with Crippen LogP contribution in [0.4, 0.5) is 17.1 Å². The molecule has 0 atom stereocenters. The smallest absolute Gasteiger partial charge is 0.340 e. The van der Waals surface area contributed by atoms with E-state index in [9.17, 15) is 9.59 Å². The Hall–Kier alpha value is -3.80. The summed E-state index contributed by atoms with van der Waals surface area (Å²) < 4.78 is 10.4. The summed E-state index contributed by atoms with van der Waals surface area (Å²) in [6.45, 7) is -0.406. The third kappa shape index (κ3) is 4.88. The van der Waals surface area contributed by atoms with Crippen molar-refractivity contribution in [2.24, 2.45) is 0 Å². The zero-order valence-electron chi connectivity index (χ0n) is 15.3. The van der Waals surface area contributed by atoms with Crippen LogP contribution in [0.15, 0.2) is 78.9 Å². The zero-order valence-corrected chi connectivity index (χ0v) is 15.3. The third-order valence-corrected chi connectivity index (χ3v) is 3.92. The summed E-state index contributed by atoms with van der Waals surface area (Å²) >= 11 is 0. The molecule has 0 aliphatic carbocycles. The van der Waals surface area contributed by atoms with Crippen LogP contribution in [-0.4, -0.2) is 25.6 Å². The number of methoxy groups -OCH3 is 1.